The molecule has 0 aliphatic rings. The third-order valence-corrected chi connectivity index (χ3v) is 5.91. The van der Waals surface area contributed by atoms with Crippen molar-refractivity contribution >= 4 is 22.8 Å². The number of benzene rings is 2. The van der Waals surface area contributed by atoms with Crippen molar-refractivity contribution in [2.45, 2.75) is 26.9 Å². The number of carbonyl (C=O) groups is 1. The molecule has 188 valence electrons. The van der Waals surface area contributed by atoms with Gasteiger partial charge in [-0.1, -0.05) is 18.2 Å². The highest BCUT2D eigenvalue weighted by molar-refractivity contribution is 6.05. The molecule has 0 aliphatic carbocycles. The maximum Gasteiger partial charge on any atom is 0.417 e. The largest absolute Gasteiger partial charge is 0.417 e. The zero-order chi connectivity index (χ0) is 26.5. The third-order valence-electron chi connectivity index (χ3n) is 5.91. The summed E-state index contributed by atoms with van der Waals surface area (Å²) >= 11 is 0. The number of halogens is 3. The monoisotopic (exact) mass is 507 g/mol. The molecule has 0 aliphatic heterocycles. The molecule has 0 bridgehead atoms. The average molecular weight is 507 g/mol. The van der Waals surface area contributed by atoms with Gasteiger partial charge in [-0.15, -0.1) is 0 Å². The minimum Gasteiger partial charge on any atom is -0.306 e. The number of aromatic nitrogens is 6. The van der Waals surface area contributed by atoms with E-state index in [4.69, 9.17) is 0 Å². The van der Waals surface area contributed by atoms with Crippen LogP contribution in [0, 0.1) is 20.8 Å². The van der Waals surface area contributed by atoms with Crippen molar-refractivity contribution < 1.29 is 18.0 Å². The first-order valence-corrected chi connectivity index (χ1v) is 11.1. The van der Waals surface area contributed by atoms with Gasteiger partial charge in [-0.05, 0) is 56.2 Å². The van der Waals surface area contributed by atoms with Gasteiger partial charge in [-0.2, -0.15) is 33.0 Å². The Bertz CT molecular complexity index is 1730. The Morgan fingerprint density at radius 2 is 1.76 bits per heavy atom. The summed E-state index contributed by atoms with van der Waals surface area (Å²) in [6.45, 7) is 5.56. The highest BCUT2D eigenvalue weighted by Crippen LogP contribution is 2.32. The molecule has 5 aromatic rings. The molecule has 2 aromatic carbocycles. The summed E-state index contributed by atoms with van der Waals surface area (Å²) in [5, 5.41) is 11.3. The average Bonchev–Trinajstić information content (AvgIpc) is 3.44. The first-order valence-electron chi connectivity index (χ1n) is 11.1. The molecule has 1 amide bonds. The van der Waals surface area contributed by atoms with Crippen molar-refractivity contribution in [1.82, 2.24) is 29.5 Å². The normalized spacial score (nSPS) is 11.7. The summed E-state index contributed by atoms with van der Waals surface area (Å²) in [6.07, 6.45) is -3.32. The van der Waals surface area contributed by atoms with Crippen LogP contribution in [0.25, 0.3) is 22.7 Å². The molecule has 2 N–H and O–H groups in total. The van der Waals surface area contributed by atoms with Crippen molar-refractivity contribution in [2.75, 3.05) is 5.32 Å². The lowest BCUT2D eigenvalue weighted by Crippen LogP contribution is -2.21. The van der Waals surface area contributed by atoms with Gasteiger partial charge in [0.05, 0.1) is 28.7 Å². The van der Waals surface area contributed by atoms with E-state index in [2.05, 4.69) is 25.5 Å². The molecule has 9 nitrogen and oxygen atoms in total. The predicted octanol–water partition coefficient (Wildman–Crippen LogP) is 4.49. The number of amides is 1. The van der Waals surface area contributed by atoms with E-state index in [9.17, 15) is 22.8 Å². The van der Waals surface area contributed by atoms with Crippen LogP contribution in [0.2, 0.25) is 0 Å². The fraction of sp³-hybridized carbons (Fsp3) is 0.160. The van der Waals surface area contributed by atoms with E-state index in [1.54, 1.807) is 6.92 Å². The number of H-pyrrole nitrogens is 1. The predicted molar refractivity (Wildman–Crippen MR) is 130 cm³/mol. The Kier molecular flexibility index (Phi) is 5.66. The number of hydrogen-bond donors (Lipinski definition) is 2. The van der Waals surface area contributed by atoms with Crippen LogP contribution in [-0.2, 0) is 6.18 Å². The SMILES string of the molecule is Cc1cc(NC(=O)c2ccccc2C(F)(F)F)n(-c2nc3c(cnn3-c3ccc(C)c(C)c3)c(=O)[nH]2)n1. The standard InChI is InChI=1S/C25H20F3N7O2/c1-13-8-9-16(10-14(13)2)34-21-18(12-29-34)23(37)32-24(31-21)35-20(11-15(3)33-35)30-22(36)17-6-4-5-7-19(17)25(26,27)28/h4-12H,1-3H3,(H,30,36)(H,31,32,37). The summed E-state index contributed by atoms with van der Waals surface area (Å²) in [4.78, 5) is 32.8. The van der Waals surface area contributed by atoms with Crippen LogP contribution < -0.4 is 10.9 Å². The lowest BCUT2D eigenvalue weighted by molar-refractivity contribution is -0.137. The van der Waals surface area contributed by atoms with Gasteiger partial charge in [-0.3, -0.25) is 14.6 Å². The van der Waals surface area contributed by atoms with Crippen LogP contribution in [0.1, 0.15) is 32.7 Å². The van der Waals surface area contributed by atoms with Crippen LogP contribution in [0.4, 0.5) is 19.0 Å². The van der Waals surface area contributed by atoms with Gasteiger partial charge in [0.2, 0.25) is 5.95 Å². The van der Waals surface area contributed by atoms with E-state index in [1.807, 2.05) is 32.0 Å². The number of anilines is 1. The highest BCUT2D eigenvalue weighted by atomic mass is 19.4. The van der Waals surface area contributed by atoms with Gasteiger partial charge in [0.1, 0.15) is 11.2 Å². The maximum atomic E-state index is 13.4. The van der Waals surface area contributed by atoms with E-state index in [0.29, 0.717) is 11.4 Å². The molecular formula is C25H20F3N7O2. The zero-order valence-electron chi connectivity index (χ0n) is 19.9. The molecular weight excluding hydrogens is 487 g/mol. The molecule has 0 saturated carbocycles. The lowest BCUT2D eigenvalue weighted by atomic mass is 10.1. The summed E-state index contributed by atoms with van der Waals surface area (Å²) in [5.74, 6) is -1.01. The Morgan fingerprint density at radius 1 is 1.00 bits per heavy atom. The molecule has 12 heteroatoms. The van der Waals surface area contributed by atoms with E-state index >= 15 is 0 Å². The van der Waals surface area contributed by atoms with Crippen LogP contribution in [0.15, 0.2) is 59.5 Å². The summed E-state index contributed by atoms with van der Waals surface area (Å²) in [5.41, 5.74) is 1.37. The molecule has 0 unspecified atom stereocenters. The third kappa shape index (κ3) is 4.37. The van der Waals surface area contributed by atoms with E-state index in [0.717, 1.165) is 27.9 Å². The Balaban J connectivity index is 1.58. The second kappa shape index (κ2) is 8.73. The van der Waals surface area contributed by atoms with Crippen LogP contribution in [0.3, 0.4) is 0 Å². The van der Waals surface area contributed by atoms with Crippen LogP contribution >= 0.6 is 0 Å². The van der Waals surface area contributed by atoms with Gasteiger partial charge in [0.25, 0.3) is 11.5 Å². The second-order valence-electron chi connectivity index (χ2n) is 8.53. The molecule has 37 heavy (non-hydrogen) atoms. The number of carbonyl (C=O) groups excluding carboxylic acids is 1. The molecule has 3 heterocycles. The molecule has 5 rings (SSSR count). The van der Waals surface area contributed by atoms with Crippen molar-refractivity contribution in [3.8, 4) is 11.6 Å². The topological polar surface area (TPSA) is 110 Å². The Labute approximate surface area is 207 Å². The summed E-state index contributed by atoms with van der Waals surface area (Å²) < 4.78 is 42.9. The molecule has 0 saturated heterocycles. The number of aryl methyl sites for hydroxylation is 3. The van der Waals surface area contributed by atoms with E-state index < -0.39 is 28.8 Å². The highest BCUT2D eigenvalue weighted by Gasteiger charge is 2.35. The van der Waals surface area contributed by atoms with Crippen LogP contribution in [0.5, 0.6) is 0 Å². The number of nitrogens with zero attached hydrogens (tertiary/aromatic N) is 5. The van der Waals surface area contributed by atoms with Gasteiger partial charge in [0, 0.05) is 6.07 Å². The Hall–Kier alpha value is -4.74. The second-order valence-corrected chi connectivity index (χ2v) is 8.53. The van der Waals surface area contributed by atoms with Crippen molar-refractivity contribution in [3.05, 3.63) is 93.0 Å². The van der Waals surface area contributed by atoms with Crippen molar-refractivity contribution in [3.63, 3.8) is 0 Å². The maximum absolute atomic E-state index is 13.4. The molecule has 3 aromatic heterocycles. The first kappa shape index (κ1) is 24.0. The van der Waals surface area contributed by atoms with Gasteiger partial charge >= 0.3 is 6.18 Å². The van der Waals surface area contributed by atoms with Crippen molar-refractivity contribution in [1.29, 1.82) is 0 Å². The fourth-order valence-electron chi connectivity index (χ4n) is 3.92. The zero-order valence-corrected chi connectivity index (χ0v) is 19.9. The van der Waals surface area contributed by atoms with Crippen molar-refractivity contribution in [2.24, 2.45) is 0 Å². The molecule has 0 radical (unpaired) electrons. The quantitative estimate of drug-likeness (QED) is 0.373. The minimum absolute atomic E-state index is 0.0271. The first-order chi connectivity index (χ1) is 17.5. The van der Waals surface area contributed by atoms with E-state index in [-0.39, 0.29) is 22.8 Å². The minimum atomic E-state index is -4.71. The molecule has 0 spiro atoms. The molecule has 0 fully saturated rings. The lowest BCUT2D eigenvalue weighted by Gasteiger charge is -2.13. The molecule has 0 atom stereocenters. The van der Waals surface area contributed by atoms with Gasteiger partial charge in [0.15, 0.2) is 5.65 Å². The number of fused-ring (bicyclic) bond motifs is 1. The fourth-order valence-corrected chi connectivity index (χ4v) is 3.92. The Morgan fingerprint density at radius 3 is 2.49 bits per heavy atom. The smallest absolute Gasteiger partial charge is 0.306 e. The number of rotatable bonds is 4. The number of nitrogens with one attached hydrogen (secondary N) is 2. The number of hydrogen-bond acceptors (Lipinski definition) is 5. The summed E-state index contributed by atoms with van der Waals surface area (Å²) in [6, 6.07) is 11.6. The number of alkyl halides is 3. The number of aromatic amines is 1. The van der Waals surface area contributed by atoms with Crippen LogP contribution in [-0.4, -0.2) is 35.4 Å². The van der Waals surface area contributed by atoms with E-state index in [1.165, 1.54) is 29.1 Å². The summed E-state index contributed by atoms with van der Waals surface area (Å²) in [7, 11) is 0. The van der Waals surface area contributed by atoms with Gasteiger partial charge < -0.3 is 5.32 Å². The van der Waals surface area contributed by atoms with Gasteiger partial charge in [-0.25, -0.2) is 4.68 Å².